The van der Waals surface area contributed by atoms with E-state index in [0.29, 0.717) is 23.9 Å². The molecule has 5 heteroatoms. The van der Waals surface area contributed by atoms with Crippen molar-refractivity contribution in [2.45, 2.75) is 117 Å². The summed E-state index contributed by atoms with van der Waals surface area (Å²) in [7, 11) is 0. The van der Waals surface area contributed by atoms with E-state index >= 15 is 0 Å². The smallest absolute Gasteiger partial charge is 0.314 e. The monoisotopic (exact) mass is 508 g/mol. The van der Waals surface area contributed by atoms with Gasteiger partial charge in [0.1, 0.15) is 5.75 Å². The molecule has 5 nitrogen and oxygen atoms in total. The number of esters is 1. The van der Waals surface area contributed by atoms with E-state index < -0.39 is 0 Å². The first-order valence-electron chi connectivity index (χ1n) is 15.0. The van der Waals surface area contributed by atoms with E-state index in [1.165, 1.54) is 70.6 Å². The second-order valence-corrected chi connectivity index (χ2v) is 10.7. The summed E-state index contributed by atoms with van der Waals surface area (Å²) in [6, 6.07) is 7.48. The van der Waals surface area contributed by atoms with E-state index in [9.17, 15) is 4.79 Å². The first-order chi connectivity index (χ1) is 18.2. The number of ether oxygens (including phenoxy) is 2. The highest BCUT2D eigenvalue weighted by Crippen LogP contribution is 2.33. The Morgan fingerprint density at radius 2 is 1.35 bits per heavy atom. The summed E-state index contributed by atoms with van der Waals surface area (Å²) in [5.41, 5.74) is 0.891. The molecule has 0 amide bonds. The number of unbranched alkanes of at least 4 members (excludes halogenated alkanes) is 9. The van der Waals surface area contributed by atoms with Crippen LogP contribution < -0.4 is 9.47 Å². The zero-order chi connectivity index (χ0) is 26.1. The van der Waals surface area contributed by atoms with Crippen molar-refractivity contribution in [2.24, 2.45) is 11.8 Å². The van der Waals surface area contributed by atoms with Crippen LogP contribution in [0.5, 0.6) is 11.5 Å². The minimum Gasteiger partial charge on any atom is -0.490 e. The summed E-state index contributed by atoms with van der Waals surface area (Å²) >= 11 is 0. The van der Waals surface area contributed by atoms with Gasteiger partial charge < -0.3 is 9.47 Å². The number of carbonyl (C=O) groups excluding carboxylic acids is 1. The fraction of sp³-hybridized carbons (Fsp3) is 0.656. The molecule has 0 atom stereocenters. The van der Waals surface area contributed by atoms with Crippen LogP contribution in [0.25, 0.3) is 11.4 Å². The van der Waals surface area contributed by atoms with Crippen molar-refractivity contribution >= 4 is 5.97 Å². The van der Waals surface area contributed by atoms with Gasteiger partial charge in [-0.05, 0) is 62.3 Å². The molecule has 0 radical (unpaired) electrons. The lowest BCUT2D eigenvalue weighted by Crippen LogP contribution is -2.25. The summed E-state index contributed by atoms with van der Waals surface area (Å²) in [6.07, 6.45) is 23.2. The van der Waals surface area contributed by atoms with Crippen LogP contribution in [0.3, 0.4) is 0 Å². The van der Waals surface area contributed by atoms with Gasteiger partial charge in [-0.1, -0.05) is 84.5 Å². The standard InChI is InChI=1S/C32H48N2O3/c1-3-5-7-8-9-10-11-13-23-36-30-24-33-31(34-25-30)27-19-21-29(22-20-27)37-32(35)28-17-15-26(16-18-28)14-12-6-4-2/h19-22,24-26,28H,3-18,23H2,1-2H3/t26-,28-. The van der Waals surface area contributed by atoms with Crippen LogP contribution in [0, 0.1) is 11.8 Å². The molecule has 1 heterocycles. The zero-order valence-corrected chi connectivity index (χ0v) is 23.3. The second-order valence-electron chi connectivity index (χ2n) is 10.7. The number of benzene rings is 1. The summed E-state index contributed by atoms with van der Waals surface area (Å²) in [5, 5.41) is 0. The Labute approximate surface area is 224 Å². The van der Waals surface area contributed by atoms with Crippen LogP contribution in [0.2, 0.25) is 0 Å². The minimum atomic E-state index is -0.0889. The number of hydrogen-bond acceptors (Lipinski definition) is 5. The van der Waals surface area contributed by atoms with E-state index in [1.54, 1.807) is 12.4 Å². The largest absolute Gasteiger partial charge is 0.490 e. The summed E-state index contributed by atoms with van der Waals surface area (Å²) in [5.74, 6) is 2.66. The van der Waals surface area contributed by atoms with Gasteiger partial charge in [0, 0.05) is 5.56 Å². The predicted molar refractivity (Wildman–Crippen MR) is 151 cm³/mol. The van der Waals surface area contributed by atoms with E-state index in [0.717, 1.165) is 43.6 Å². The van der Waals surface area contributed by atoms with Crippen LogP contribution in [-0.4, -0.2) is 22.5 Å². The van der Waals surface area contributed by atoms with Gasteiger partial charge in [-0.15, -0.1) is 0 Å². The Bertz CT molecular complexity index is 874. The molecule has 0 saturated heterocycles. The molecule has 2 aromatic rings. The molecule has 204 valence electrons. The van der Waals surface area contributed by atoms with Crippen molar-refractivity contribution < 1.29 is 14.3 Å². The summed E-state index contributed by atoms with van der Waals surface area (Å²) in [4.78, 5) is 21.6. The van der Waals surface area contributed by atoms with E-state index in [-0.39, 0.29) is 11.9 Å². The SMILES string of the molecule is CCCCCCCCCCOc1cnc(-c2ccc(OC(=O)[C@H]3CC[C@H](CCCCC)CC3)cc2)nc1. The molecule has 0 spiro atoms. The lowest BCUT2D eigenvalue weighted by atomic mass is 9.80. The van der Waals surface area contributed by atoms with Gasteiger partial charge in [0.15, 0.2) is 11.6 Å². The number of nitrogens with zero attached hydrogens (tertiary/aromatic N) is 2. The topological polar surface area (TPSA) is 61.3 Å². The van der Waals surface area contributed by atoms with Crippen molar-refractivity contribution in [1.29, 1.82) is 0 Å². The molecule has 0 aliphatic heterocycles. The summed E-state index contributed by atoms with van der Waals surface area (Å²) < 4.78 is 11.5. The highest BCUT2D eigenvalue weighted by atomic mass is 16.5. The van der Waals surface area contributed by atoms with Gasteiger partial charge in [-0.2, -0.15) is 0 Å². The lowest BCUT2D eigenvalue weighted by molar-refractivity contribution is -0.140. The quantitative estimate of drug-likeness (QED) is 0.121. The molecule has 1 aromatic carbocycles. The fourth-order valence-electron chi connectivity index (χ4n) is 5.21. The van der Waals surface area contributed by atoms with E-state index in [1.807, 2.05) is 24.3 Å². The van der Waals surface area contributed by atoms with Crippen molar-refractivity contribution in [3.8, 4) is 22.9 Å². The zero-order valence-electron chi connectivity index (χ0n) is 23.3. The van der Waals surface area contributed by atoms with Crippen LogP contribution in [-0.2, 0) is 4.79 Å². The average Bonchev–Trinajstić information content (AvgIpc) is 2.93. The molecular formula is C32H48N2O3. The van der Waals surface area contributed by atoms with Crippen LogP contribution in [0.1, 0.15) is 117 Å². The Kier molecular flexibility index (Phi) is 13.5. The van der Waals surface area contributed by atoms with Crippen molar-refractivity contribution in [2.75, 3.05) is 6.61 Å². The first-order valence-corrected chi connectivity index (χ1v) is 15.0. The number of carbonyl (C=O) groups is 1. The number of hydrogen-bond donors (Lipinski definition) is 0. The molecular weight excluding hydrogens is 460 g/mol. The Hall–Kier alpha value is -2.43. The maximum Gasteiger partial charge on any atom is 0.314 e. The van der Waals surface area contributed by atoms with Gasteiger partial charge in [0.2, 0.25) is 0 Å². The van der Waals surface area contributed by atoms with Crippen molar-refractivity contribution in [3.63, 3.8) is 0 Å². The molecule has 0 unspecified atom stereocenters. The second kappa shape index (κ2) is 17.1. The number of rotatable bonds is 17. The summed E-state index contributed by atoms with van der Waals surface area (Å²) in [6.45, 7) is 5.21. The lowest BCUT2D eigenvalue weighted by Gasteiger charge is -2.27. The maximum absolute atomic E-state index is 12.7. The van der Waals surface area contributed by atoms with Gasteiger partial charge >= 0.3 is 5.97 Å². The first kappa shape index (κ1) is 29.1. The Balaban J connectivity index is 1.35. The van der Waals surface area contributed by atoms with Gasteiger partial charge in [-0.25, -0.2) is 9.97 Å². The van der Waals surface area contributed by atoms with Gasteiger partial charge in [0.25, 0.3) is 0 Å². The molecule has 1 saturated carbocycles. The average molecular weight is 509 g/mol. The highest BCUT2D eigenvalue weighted by Gasteiger charge is 2.27. The third-order valence-electron chi connectivity index (χ3n) is 7.62. The number of aromatic nitrogens is 2. The third-order valence-corrected chi connectivity index (χ3v) is 7.62. The van der Waals surface area contributed by atoms with E-state index in [2.05, 4.69) is 23.8 Å². The van der Waals surface area contributed by atoms with Gasteiger partial charge in [0.05, 0.1) is 24.9 Å². The molecule has 1 aromatic heterocycles. The fourth-order valence-corrected chi connectivity index (χ4v) is 5.21. The Morgan fingerprint density at radius 1 is 0.757 bits per heavy atom. The Morgan fingerprint density at radius 3 is 2.00 bits per heavy atom. The molecule has 1 aliphatic carbocycles. The van der Waals surface area contributed by atoms with Crippen LogP contribution in [0.4, 0.5) is 0 Å². The molecule has 37 heavy (non-hydrogen) atoms. The minimum absolute atomic E-state index is 0.0313. The van der Waals surface area contributed by atoms with Crippen LogP contribution in [0.15, 0.2) is 36.7 Å². The molecule has 0 N–H and O–H groups in total. The van der Waals surface area contributed by atoms with Crippen molar-refractivity contribution in [3.05, 3.63) is 36.7 Å². The third kappa shape index (κ3) is 10.8. The van der Waals surface area contributed by atoms with Crippen LogP contribution >= 0.6 is 0 Å². The highest BCUT2D eigenvalue weighted by molar-refractivity contribution is 5.75. The normalized spacial score (nSPS) is 17.5. The maximum atomic E-state index is 12.7. The van der Waals surface area contributed by atoms with Gasteiger partial charge in [-0.3, -0.25) is 4.79 Å². The molecule has 1 fully saturated rings. The molecule has 1 aliphatic rings. The molecule has 0 bridgehead atoms. The van der Waals surface area contributed by atoms with Crippen molar-refractivity contribution in [1.82, 2.24) is 9.97 Å². The predicted octanol–water partition coefficient (Wildman–Crippen LogP) is 8.96. The molecule has 3 rings (SSSR count). The van der Waals surface area contributed by atoms with E-state index in [4.69, 9.17) is 9.47 Å².